The maximum Gasteiger partial charge on any atom is 0.207 e. The van der Waals surface area contributed by atoms with E-state index in [1.54, 1.807) is 16.7 Å². The Morgan fingerprint density at radius 2 is 2.28 bits per heavy atom. The van der Waals surface area contributed by atoms with Crippen molar-refractivity contribution < 1.29 is 4.39 Å². The largest absolute Gasteiger partial charge is 0.352 e. The second-order valence-electron chi connectivity index (χ2n) is 3.87. The molecule has 94 valence electrons. The van der Waals surface area contributed by atoms with Crippen molar-refractivity contribution in [1.82, 2.24) is 9.55 Å². The van der Waals surface area contributed by atoms with Gasteiger partial charge in [-0.15, -0.1) is 6.58 Å². The van der Waals surface area contributed by atoms with Crippen LogP contribution in [-0.4, -0.2) is 16.1 Å². The van der Waals surface area contributed by atoms with Crippen molar-refractivity contribution in [3.8, 4) is 5.69 Å². The van der Waals surface area contributed by atoms with Crippen molar-refractivity contribution in [3.05, 3.63) is 53.6 Å². The molecule has 0 bridgehead atoms. The number of hydrogen-bond donors (Lipinski definition) is 1. The van der Waals surface area contributed by atoms with E-state index in [4.69, 9.17) is 11.6 Å². The van der Waals surface area contributed by atoms with Crippen LogP contribution < -0.4 is 5.32 Å². The lowest BCUT2D eigenvalue weighted by atomic mass is 10.3. The molecule has 0 aliphatic heterocycles. The smallest absolute Gasteiger partial charge is 0.207 e. The summed E-state index contributed by atoms with van der Waals surface area (Å²) in [6, 6.07) is 4.36. The molecule has 1 N–H and O–H groups in total. The van der Waals surface area contributed by atoms with Gasteiger partial charge >= 0.3 is 0 Å². The van der Waals surface area contributed by atoms with Gasteiger partial charge in [0.05, 0.1) is 11.4 Å². The molecule has 3 nitrogen and oxygen atoms in total. The van der Waals surface area contributed by atoms with Crippen LogP contribution in [0.1, 0.15) is 5.69 Å². The highest BCUT2D eigenvalue weighted by Gasteiger charge is 2.08. The zero-order valence-corrected chi connectivity index (χ0v) is 10.7. The van der Waals surface area contributed by atoms with Crippen molar-refractivity contribution in [2.24, 2.45) is 0 Å². The number of rotatable bonds is 4. The van der Waals surface area contributed by atoms with Crippen molar-refractivity contribution in [3.63, 3.8) is 0 Å². The van der Waals surface area contributed by atoms with Gasteiger partial charge in [-0.3, -0.25) is 4.57 Å². The van der Waals surface area contributed by atoms with Crippen LogP contribution in [0.2, 0.25) is 5.02 Å². The quantitative estimate of drug-likeness (QED) is 0.857. The van der Waals surface area contributed by atoms with E-state index < -0.39 is 0 Å². The van der Waals surface area contributed by atoms with Gasteiger partial charge in [0.1, 0.15) is 5.82 Å². The fourth-order valence-electron chi connectivity index (χ4n) is 1.66. The van der Waals surface area contributed by atoms with Crippen LogP contribution in [0.15, 0.2) is 37.1 Å². The number of aryl methyl sites for hydroxylation is 1. The lowest BCUT2D eigenvalue weighted by Crippen LogP contribution is -2.05. The average molecular weight is 266 g/mol. The Kier molecular flexibility index (Phi) is 3.67. The van der Waals surface area contributed by atoms with Crippen molar-refractivity contribution in [1.29, 1.82) is 0 Å². The molecule has 0 aliphatic rings. The summed E-state index contributed by atoms with van der Waals surface area (Å²) in [6.07, 6.45) is 3.55. The van der Waals surface area contributed by atoms with E-state index >= 15 is 0 Å². The van der Waals surface area contributed by atoms with Crippen molar-refractivity contribution in [2.75, 3.05) is 11.9 Å². The number of nitrogens with one attached hydrogen (secondary N) is 1. The maximum atomic E-state index is 13.3. The topological polar surface area (TPSA) is 29.9 Å². The van der Waals surface area contributed by atoms with Crippen LogP contribution in [0.5, 0.6) is 0 Å². The SMILES string of the molecule is C=CCNc1nc(C)cn1-c1cc(F)cc(Cl)c1. The predicted molar refractivity (Wildman–Crippen MR) is 72.0 cm³/mol. The Morgan fingerprint density at radius 3 is 2.94 bits per heavy atom. The van der Waals surface area contributed by atoms with Crippen LogP contribution in [-0.2, 0) is 0 Å². The van der Waals surface area contributed by atoms with Gasteiger partial charge in [0.25, 0.3) is 0 Å². The summed E-state index contributed by atoms with van der Waals surface area (Å²) >= 11 is 5.85. The molecule has 0 unspecified atom stereocenters. The Labute approximate surface area is 110 Å². The molecule has 5 heteroatoms. The monoisotopic (exact) mass is 265 g/mol. The minimum Gasteiger partial charge on any atom is -0.352 e. The molecule has 1 heterocycles. The Hall–Kier alpha value is -1.81. The molecule has 0 saturated carbocycles. The van der Waals surface area contributed by atoms with E-state index in [-0.39, 0.29) is 5.82 Å². The maximum absolute atomic E-state index is 13.3. The molecular formula is C13H13ClFN3. The van der Waals surface area contributed by atoms with Gasteiger partial charge in [-0.2, -0.15) is 0 Å². The summed E-state index contributed by atoms with van der Waals surface area (Å²) in [6.45, 7) is 6.09. The minimum atomic E-state index is -0.376. The lowest BCUT2D eigenvalue weighted by molar-refractivity contribution is 0.626. The number of hydrogen-bond acceptors (Lipinski definition) is 2. The molecule has 18 heavy (non-hydrogen) atoms. The number of aromatic nitrogens is 2. The van der Waals surface area contributed by atoms with Gasteiger partial charge in [-0.25, -0.2) is 9.37 Å². The third-order valence-corrected chi connectivity index (χ3v) is 2.57. The van der Waals surface area contributed by atoms with Crippen LogP contribution in [0.3, 0.4) is 0 Å². The molecule has 0 aliphatic carbocycles. The third-order valence-electron chi connectivity index (χ3n) is 2.36. The van der Waals surface area contributed by atoms with Gasteiger partial charge in [0.2, 0.25) is 5.95 Å². The summed E-state index contributed by atoms with van der Waals surface area (Å²) in [5.41, 5.74) is 1.47. The van der Waals surface area contributed by atoms with Gasteiger partial charge in [0, 0.05) is 17.8 Å². The average Bonchev–Trinajstić information content (AvgIpc) is 2.66. The van der Waals surface area contributed by atoms with Gasteiger partial charge in [0.15, 0.2) is 0 Å². The Bertz CT molecular complexity index is 557. The molecule has 1 aromatic heterocycles. The molecule has 0 radical (unpaired) electrons. The second kappa shape index (κ2) is 5.23. The first-order chi connectivity index (χ1) is 8.60. The van der Waals surface area contributed by atoms with E-state index in [9.17, 15) is 4.39 Å². The molecule has 0 saturated heterocycles. The Morgan fingerprint density at radius 1 is 1.50 bits per heavy atom. The van der Waals surface area contributed by atoms with E-state index in [2.05, 4.69) is 16.9 Å². The van der Waals surface area contributed by atoms with E-state index in [1.165, 1.54) is 12.1 Å². The first-order valence-electron chi connectivity index (χ1n) is 5.47. The Balaban J connectivity index is 2.45. The number of nitrogens with zero attached hydrogens (tertiary/aromatic N) is 2. The van der Waals surface area contributed by atoms with E-state index in [0.29, 0.717) is 23.2 Å². The van der Waals surface area contributed by atoms with Gasteiger partial charge in [-0.1, -0.05) is 17.7 Å². The lowest BCUT2D eigenvalue weighted by Gasteiger charge is -2.09. The molecule has 2 aromatic rings. The second-order valence-corrected chi connectivity index (χ2v) is 4.31. The number of imidazole rings is 1. The normalized spacial score (nSPS) is 10.4. The molecule has 0 fully saturated rings. The van der Waals surface area contributed by atoms with E-state index in [0.717, 1.165) is 5.69 Å². The van der Waals surface area contributed by atoms with Gasteiger partial charge in [-0.05, 0) is 25.1 Å². The fourth-order valence-corrected chi connectivity index (χ4v) is 1.88. The minimum absolute atomic E-state index is 0.353. The highest BCUT2D eigenvalue weighted by Crippen LogP contribution is 2.21. The van der Waals surface area contributed by atoms with Crippen LogP contribution in [0, 0.1) is 12.7 Å². The fraction of sp³-hybridized carbons (Fsp3) is 0.154. The summed E-state index contributed by atoms with van der Waals surface area (Å²) in [5.74, 6) is 0.257. The summed E-state index contributed by atoms with van der Waals surface area (Å²) in [4.78, 5) is 4.32. The zero-order chi connectivity index (χ0) is 13.1. The first-order valence-corrected chi connectivity index (χ1v) is 5.85. The predicted octanol–water partition coefficient (Wildman–Crippen LogP) is 3.57. The standard InChI is InChI=1S/C13H13ClFN3/c1-3-4-16-13-17-9(2)8-18(13)12-6-10(14)5-11(15)7-12/h3,5-8H,1,4H2,2H3,(H,16,17). The third kappa shape index (κ3) is 2.71. The summed E-state index contributed by atoms with van der Waals surface area (Å²) in [7, 11) is 0. The zero-order valence-electron chi connectivity index (χ0n) is 9.95. The number of anilines is 1. The van der Waals surface area contributed by atoms with E-state index in [1.807, 2.05) is 13.1 Å². The molecule has 2 rings (SSSR count). The molecule has 0 atom stereocenters. The highest BCUT2D eigenvalue weighted by molar-refractivity contribution is 6.30. The summed E-state index contributed by atoms with van der Waals surface area (Å²) < 4.78 is 15.1. The molecule has 0 amide bonds. The van der Waals surface area contributed by atoms with Crippen molar-refractivity contribution >= 4 is 17.5 Å². The number of benzene rings is 1. The molecule has 1 aromatic carbocycles. The van der Waals surface area contributed by atoms with Crippen LogP contribution >= 0.6 is 11.6 Å². The molecular weight excluding hydrogens is 253 g/mol. The van der Waals surface area contributed by atoms with Crippen molar-refractivity contribution in [2.45, 2.75) is 6.92 Å². The number of halogens is 2. The van der Waals surface area contributed by atoms with Crippen LogP contribution in [0.25, 0.3) is 5.69 Å². The first kappa shape index (κ1) is 12.6. The van der Waals surface area contributed by atoms with Gasteiger partial charge < -0.3 is 5.32 Å². The molecule has 0 spiro atoms. The summed E-state index contributed by atoms with van der Waals surface area (Å²) in [5, 5.41) is 3.44. The highest BCUT2D eigenvalue weighted by atomic mass is 35.5. The van der Waals surface area contributed by atoms with Crippen LogP contribution in [0.4, 0.5) is 10.3 Å².